The monoisotopic (exact) mass is 367 g/mol. The van der Waals surface area contributed by atoms with Crippen LogP contribution in [0.2, 0.25) is 5.02 Å². The van der Waals surface area contributed by atoms with Crippen molar-refractivity contribution < 1.29 is 17.6 Å². The number of hydrogen-bond acceptors (Lipinski definition) is 1. The highest BCUT2D eigenvalue weighted by Crippen LogP contribution is 2.32. The highest BCUT2D eigenvalue weighted by atomic mass is 79.9. The molecule has 0 spiro atoms. The van der Waals surface area contributed by atoms with E-state index in [4.69, 9.17) is 17.3 Å². The van der Waals surface area contributed by atoms with Crippen LogP contribution in [0.3, 0.4) is 0 Å². The van der Waals surface area contributed by atoms with Gasteiger partial charge in [-0.05, 0) is 29.8 Å². The van der Waals surface area contributed by atoms with Gasteiger partial charge in [-0.15, -0.1) is 0 Å². The zero-order valence-electron chi connectivity index (χ0n) is 9.73. The summed E-state index contributed by atoms with van der Waals surface area (Å²) in [5, 5.41) is -0.210. The summed E-state index contributed by atoms with van der Waals surface area (Å²) in [6.45, 7) is 0. The third-order valence-corrected chi connectivity index (χ3v) is 3.51. The van der Waals surface area contributed by atoms with Gasteiger partial charge in [-0.25, -0.2) is 17.6 Å². The fourth-order valence-corrected chi connectivity index (χ4v) is 2.45. The molecule has 0 fully saturated rings. The normalized spacial score (nSPS) is 12.6. The van der Waals surface area contributed by atoms with Crippen molar-refractivity contribution in [2.45, 2.75) is 6.04 Å². The number of rotatable bonds is 2. The van der Waals surface area contributed by atoms with Crippen LogP contribution >= 0.6 is 27.5 Å². The summed E-state index contributed by atoms with van der Waals surface area (Å²) < 4.78 is 54.0. The summed E-state index contributed by atoms with van der Waals surface area (Å²) in [5.41, 5.74) is 5.14. The molecule has 20 heavy (non-hydrogen) atoms. The lowest BCUT2D eigenvalue weighted by molar-refractivity contribution is 0.504. The Morgan fingerprint density at radius 3 is 1.95 bits per heavy atom. The molecule has 0 aliphatic heterocycles. The Bertz CT molecular complexity index is 655. The van der Waals surface area contributed by atoms with Gasteiger partial charge in [0.15, 0.2) is 11.6 Å². The molecule has 0 saturated carbocycles. The third-order valence-electron chi connectivity index (χ3n) is 2.73. The van der Waals surface area contributed by atoms with Gasteiger partial charge in [0, 0.05) is 15.1 Å². The van der Waals surface area contributed by atoms with Crippen molar-refractivity contribution in [3.63, 3.8) is 0 Å². The molecule has 0 heterocycles. The van der Waals surface area contributed by atoms with E-state index in [2.05, 4.69) is 15.9 Å². The molecular formula is C13H7BrClF4N. The fourth-order valence-electron chi connectivity index (χ4n) is 1.78. The number of nitrogens with two attached hydrogens (primary N) is 1. The van der Waals surface area contributed by atoms with Crippen molar-refractivity contribution in [1.29, 1.82) is 0 Å². The summed E-state index contributed by atoms with van der Waals surface area (Å²) in [4.78, 5) is 0. The molecule has 0 amide bonds. The minimum absolute atomic E-state index is 0.106. The molecule has 0 saturated heterocycles. The predicted molar refractivity (Wildman–Crippen MR) is 71.5 cm³/mol. The van der Waals surface area contributed by atoms with Gasteiger partial charge in [0.25, 0.3) is 0 Å². The largest absolute Gasteiger partial charge is 0.320 e. The lowest BCUT2D eigenvalue weighted by atomic mass is 9.98. The summed E-state index contributed by atoms with van der Waals surface area (Å²) in [6, 6.07) is 2.12. The molecule has 0 aliphatic rings. The molecule has 0 bridgehead atoms. The third kappa shape index (κ3) is 2.82. The average molecular weight is 369 g/mol. The molecule has 2 aromatic rings. The Balaban J connectivity index is 2.57. The second kappa shape index (κ2) is 5.71. The van der Waals surface area contributed by atoms with Gasteiger partial charge in [-0.3, -0.25) is 0 Å². The summed E-state index contributed by atoms with van der Waals surface area (Å²) in [7, 11) is 0. The van der Waals surface area contributed by atoms with Crippen LogP contribution in [-0.4, -0.2) is 0 Å². The van der Waals surface area contributed by atoms with E-state index in [1.54, 1.807) is 0 Å². The first kappa shape index (κ1) is 15.3. The first-order valence-electron chi connectivity index (χ1n) is 5.35. The van der Waals surface area contributed by atoms with Crippen LogP contribution in [-0.2, 0) is 0 Å². The molecule has 1 nitrogen and oxygen atoms in total. The first-order chi connectivity index (χ1) is 9.31. The van der Waals surface area contributed by atoms with Gasteiger partial charge in [0.1, 0.15) is 11.6 Å². The molecular weight excluding hydrogens is 361 g/mol. The zero-order valence-corrected chi connectivity index (χ0v) is 12.1. The highest BCUT2D eigenvalue weighted by Gasteiger charge is 2.22. The second-order valence-corrected chi connectivity index (χ2v) is 5.37. The van der Waals surface area contributed by atoms with E-state index < -0.39 is 34.9 Å². The Labute approximate surface area is 125 Å². The Hall–Kier alpha value is -1.11. The summed E-state index contributed by atoms with van der Waals surface area (Å²) in [6.07, 6.45) is 0. The van der Waals surface area contributed by atoms with Crippen LogP contribution in [0, 0.1) is 23.3 Å². The minimum Gasteiger partial charge on any atom is -0.320 e. The second-order valence-electron chi connectivity index (χ2n) is 4.05. The standard InChI is InChI=1S/C13H7BrClF4N/c14-5-1-10(18)12(11(19)2-5)13(20)6-3-8(16)9(17)4-7(6)15/h1-4,13H,20H2. The van der Waals surface area contributed by atoms with Gasteiger partial charge < -0.3 is 5.73 Å². The van der Waals surface area contributed by atoms with Crippen molar-refractivity contribution in [3.05, 3.63) is 68.2 Å². The molecule has 1 unspecified atom stereocenters. The van der Waals surface area contributed by atoms with Crippen LogP contribution < -0.4 is 5.73 Å². The van der Waals surface area contributed by atoms with E-state index in [1.165, 1.54) is 0 Å². The molecule has 2 N–H and O–H groups in total. The highest BCUT2D eigenvalue weighted by molar-refractivity contribution is 9.10. The lowest BCUT2D eigenvalue weighted by Crippen LogP contribution is -2.17. The Morgan fingerprint density at radius 2 is 1.40 bits per heavy atom. The molecule has 0 aliphatic carbocycles. The maximum absolute atomic E-state index is 13.8. The van der Waals surface area contributed by atoms with Crippen LogP contribution in [0.1, 0.15) is 17.2 Å². The van der Waals surface area contributed by atoms with E-state index in [1.807, 2.05) is 0 Å². The average Bonchev–Trinajstić information content (AvgIpc) is 2.32. The van der Waals surface area contributed by atoms with Crippen molar-refractivity contribution in [2.24, 2.45) is 5.73 Å². The molecule has 1 atom stereocenters. The zero-order chi connectivity index (χ0) is 15.0. The SMILES string of the molecule is NC(c1cc(F)c(F)cc1Cl)c1c(F)cc(Br)cc1F. The van der Waals surface area contributed by atoms with Gasteiger partial charge in [0.05, 0.1) is 6.04 Å². The van der Waals surface area contributed by atoms with Gasteiger partial charge in [-0.1, -0.05) is 27.5 Å². The van der Waals surface area contributed by atoms with Crippen LogP contribution in [0.5, 0.6) is 0 Å². The number of halogens is 6. The maximum atomic E-state index is 13.8. The van der Waals surface area contributed by atoms with E-state index in [0.29, 0.717) is 6.07 Å². The van der Waals surface area contributed by atoms with Gasteiger partial charge in [0.2, 0.25) is 0 Å². The van der Waals surface area contributed by atoms with E-state index in [-0.39, 0.29) is 15.1 Å². The molecule has 106 valence electrons. The Kier molecular flexibility index (Phi) is 4.36. The fraction of sp³-hybridized carbons (Fsp3) is 0.0769. The van der Waals surface area contributed by atoms with Crippen LogP contribution in [0.4, 0.5) is 17.6 Å². The topological polar surface area (TPSA) is 26.0 Å². The number of hydrogen-bond donors (Lipinski definition) is 1. The Morgan fingerprint density at radius 1 is 0.900 bits per heavy atom. The van der Waals surface area contributed by atoms with E-state index in [9.17, 15) is 17.6 Å². The van der Waals surface area contributed by atoms with Crippen molar-refractivity contribution >= 4 is 27.5 Å². The number of benzene rings is 2. The molecule has 2 aromatic carbocycles. The first-order valence-corrected chi connectivity index (χ1v) is 6.52. The summed E-state index contributed by atoms with van der Waals surface area (Å²) >= 11 is 8.67. The van der Waals surface area contributed by atoms with Crippen molar-refractivity contribution in [2.75, 3.05) is 0 Å². The van der Waals surface area contributed by atoms with E-state index >= 15 is 0 Å². The van der Waals surface area contributed by atoms with Crippen molar-refractivity contribution in [1.82, 2.24) is 0 Å². The lowest BCUT2D eigenvalue weighted by Gasteiger charge is -2.16. The minimum atomic E-state index is -1.36. The van der Waals surface area contributed by atoms with Crippen LogP contribution in [0.25, 0.3) is 0 Å². The maximum Gasteiger partial charge on any atom is 0.160 e. The molecule has 0 aromatic heterocycles. The van der Waals surface area contributed by atoms with Crippen molar-refractivity contribution in [3.8, 4) is 0 Å². The quantitative estimate of drug-likeness (QED) is 0.603. The van der Waals surface area contributed by atoms with E-state index in [0.717, 1.165) is 18.2 Å². The summed E-state index contributed by atoms with van der Waals surface area (Å²) in [5.74, 6) is -4.18. The molecule has 0 radical (unpaired) electrons. The predicted octanol–water partition coefficient (Wildman–Crippen LogP) is 4.71. The molecule has 2 rings (SSSR count). The van der Waals surface area contributed by atoms with Gasteiger partial charge >= 0.3 is 0 Å². The smallest absolute Gasteiger partial charge is 0.160 e. The molecule has 7 heteroatoms. The van der Waals surface area contributed by atoms with Gasteiger partial charge in [-0.2, -0.15) is 0 Å². The van der Waals surface area contributed by atoms with Crippen LogP contribution in [0.15, 0.2) is 28.7 Å².